The van der Waals surface area contributed by atoms with Gasteiger partial charge >= 0.3 is 5.97 Å². The number of carbonyl (C=O) groups is 1. The van der Waals surface area contributed by atoms with Crippen molar-refractivity contribution in [2.24, 2.45) is 5.10 Å². The van der Waals surface area contributed by atoms with E-state index in [4.69, 9.17) is 9.47 Å². The van der Waals surface area contributed by atoms with Gasteiger partial charge < -0.3 is 9.47 Å². The molecule has 0 saturated heterocycles. The minimum atomic E-state index is -3.76. The first kappa shape index (κ1) is 20.0. The summed E-state index contributed by atoms with van der Waals surface area (Å²) in [6.07, 6.45) is 4.27. The summed E-state index contributed by atoms with van der Waals surface area (Å²) in [6, 6.07) is 15.8. The third-order valence-corrected chi connectivity index (χ3v) is 4.97. The molecule has 148 valence electrons. The molecule has 9 heteroatoms. The van der Waals surface area contributed by atoms with Crippen LogP contribution in [0.2, 0.25) is 0 Å². The van der Waals surface area contributed by atoms with Crippen LogP contribution in [0.5, 0.6) is 11.5 Å². The highest BCUT2D eigenvalue weighted by atomic mass is 32.2. The number of carbonyl (C=O) groups excluding carboxylic acids is 1. The largest absolute Gasteiger partial charge is 0.493 e. The van der Waals surface area contributed by atoms with Gasteiger partial charge in [-0.05, 0) is 48.0 Å². The van der Waals surface area contributed by atoms with Crippen LogP contribution in [0.25, 0.3) is 0 Å². The summed E-state index contributed by atoms with van der Waals surface area (Å²) < 4.78 is 34.9. The highest BCUT2D eigenvalue weighted by Gasteiger charge is 2.13. The van der Waals surface area contributed by atoms with Gasteiger partial charge in [0, 0.05) is 12.4 Å². The van der Waals surface area contributed by atoms with Crippen LogP contribution in [0.4, 0.5) is 0 Å². The second kappa shape index (κ2) is 8.98. The molecule has 0 aliphatic heterocycles. The summed E-state index contributed by atoms with van der Waals surface area (Å²) in [5.74, 6) is -0.0751. The molecule has 3 rings (SSSR count). The fraction of sp³-hybridized carbons (Fsp3) is 0.0500. The Morgan fingerprint density at radius 2 is 1.86 bits per heavy atom. The standard InChI is InChI=1S/C20H17N3O5S/c1-27-19-12-15(13-22-23-29(25,26)17-7-3-2-4-8-17)9-10-18(19)28-20(24)16-6-5-11-21-14-16/h2-14,23H,1H3/b22-13+. The van der Waals surface area contributed by atoms with E-state index in [0.29, 0.717) is 11.1 Å². The average molecular weight is 411 g/mol. The number of aromatic nitrogens is 1. The van der Waals surface area contributed by atoms with E-state index in [2.05, 4.69) is 14.9 Å². The number of hydrogen-bond acceptors (Lipinski definition) is 7. The predicted octanol–water partition coefficient (Wildman–Crippen LogP) is 2.62. The van der Waals surface area contributed by atoms with E-state index in [1.165, 1.54) is 37.7 Å². The van der Waals surface area contributed by atoms with Crippen LogP contribution in [0, 0.1) is 0 Å². The molecule has 0 amide bonds. The number of benzene rings is 2. The zero-order valence-electron chi connectivity index (χ0n) is 15.3. The van der Waals surface area contributed by atoms with E-state index in [1.54, 1.807) is 48.7 Å². The Kier molecular flexibility index (Phi) is 6.20. The van der Waals surface area contributed by atoms with Crippen molar-refractivity contribution < 1.29 is 22.7 Å². The number of nitrogens with one attached hydrogen (secondary N) is 1. The fourth-order valence-corrected chi connectivity index (χ4v) is 3.13. The highest BCUT2D eigenvalue weighted by Crippen LogP contribution is 2.28. The summed E-state index contributed by atoms with van der Waals surface area (Å²) in [7, 11) is -2.33. The summed E-state index contributed by atoms with van der Waals surface area (Å²) in [5, 5.41) is 3.77. The van der Waals surface area contributed by atoms with Gasteiger partial charge in [-0.1, -0.05) is 18.2 Å². The van der Waals surface area contributed by atoms with Crippen LogP contribution in [-0.4, -0.2) is 32.7 Å². The van der Waals surface area contributed by atoms with Crippen molar-refractivity contribution in [3.63, 3.8) is 0 Å². The third-order valence-electron chi connectivity index (χ3n) is 3.73. The van der Waals surface area contributed by atoms with E-state index >= 15 is 0 Å². The Bertz CT molecular complexity index is 1120. The van der Waals surface area contributed by atoms with Gasteiger partial charge in [0.25, 0.3) is 10.0 Å². The molecule has 1 N–H and O–H groups in total. The van der Waals surface area contributed by atoms with Crippen molar-refractivity contribution in [1.29, 1.82) is 0 Å². The molecule has 1 aromatic heterocycles. The second-order valence-corrected chi connectivity index (χ2v) is 7.37. The Balaban J connectivity index is 1.72. The van der Waals surface area contributed by atoms with Crippen LogP contribution in [0.1, 0.15) is 15.9 Å². The normalized spacial score (nSPS) is 11.2. The van der Waals surface area contributed by atoms with E-state index in [0.717, 1.165) is 0 Å². The van der Waals surface area contributed by atoms with Gasteiger partial charge in [0.15, 0.2) is 11.5 Å². The maximum absolute atomic E-state index is 12.2. The maximum atomic E-state index is 12.2. The number of methoxy groups -OCH3 is 1. The van der Waals surface area contributed by atoms with E-state index in [-0.39, 0.29) is 16.4 Å². The molecule has 8 nitrogen and oxygen atoms in total. The molecule has 29 heavy (non-hydrogen) atoms. The molecule has 0 bridgehead atoms. The number of esters is 1. The average Bonchev–Trinajstić information content (AvgIpc) is 2.75. The quantitative estimate of drug-likeness (QED) is 0.277. The first-order valence-corrected chi connectivity index (χ1v) is 9.88. The van der Waals surface area contributed by atoms with Crippen molar-refractivity contribution in [3.8, 4) is 11.5 Å². The zero-order valence-corrected chi connectivity index (χ0v) is 16.2. The zero-order chi connectivity index (χ0) is 20.7. The molecule has 0 fully saturated rings. The van der Waals surface area contributed by atoms with Crippen LogP contribution in [-0.2, 0) is 10.0 Å². The van der Waals surface area contributed by atoms with Crippen molar-refractivity contribution >= 4 is 22.2 Å². The van der Waals surface area contributed by atoms with Crippen LogP contribution in [0.15, 0.2) is 83.1 Å². The van der Waals surface area contributed by atoms with Crippen LogP contribution >= 0.6 is 0 Å². The first-order valence-electron chi connectivity index (χ1n) is 8.40. The highest BCUT2D eigenvalue weighted by molar-refractivity contribution is 7.89. The van der Waals surface area contributed by atoms with Gasteiger partial charge in [0.05, 0.1) is 23.8 Å². The molecule has 0 saturated carbocycles. The number of nitrogens with zero attached hydrogens (tertiary/aromatic N) is 2. The van der Waals surface area contributed by atoms with E-state index in [1.807, 2.05) is 0 Å². The van der Waals surface area contributed by atoms with Crippen molar-refractivity contribution in [2.75, 3.05) is 7.11 Å². The lowest BCUT2D eigenvalue weighted by atomic mass is 10.2. The predicted molar refractivity (Wildman–Crippen MR) is 107 cm³/mol. The van der Waals surface area contributed by atoms with Crippen LogP contribution < -0.4 is 14.3 Å². The van der Waals surface area contributed by atoms with E-state index < -0.39 is 16.0 Å². The smallest absolute Gasteiger partial charge is 0.345 e. The molecule has 0 radical (unpaired) electrons. The van der Waals surface area contributed by atoms with Gasteiger partial charge in [0.2, 0.25) is 0 Å². The van der Waals surface area contributed by atoms with Gasteiger partial charge in [-0.3, -0.25) is 4.98 Å². The molecule has 2 aromatic carbocycles. The molecular weight excluding hydrogens is 394 g/mol. The summed E-state index contributed by atoms with van der Waals surface area (Å²) in [6.45, 7) is 0. The van der Waals surface area contributed by atoms with Crippen molar-refractivity contribution in [1.82, 2.24) is 9.82 Å². The van der Waals surface area contributed by atoms with Gasteiger partial charge in [-0.25, -0.2) is 9.63 Å². The molecule has 0 spiro atoms. The lowest BCUT2D eigenvalue weighted by Gasteiger charge is -2.09. The number of hydrazone groups is 1. The summed E-state index contributed by atoms with van der Waals surface area (Å²) in [4.78, 5) is 18.3. The number of rotatable bonds is 7. The van der Waals surface area contributed by atoms with Gasteiger partial charge in [-0.15, -0.1) is 0 Å². The molecule has 0 aliphatic rings. The molecule has 3 aromatic rings. The van der Waals surface area contributed by atoms with Crippen LogP contribution in [0.3, 0.4) is 0 Å². The van der Waals surface area contributed by atoms with E-state index in [9.17, 15) is 13.2 Å². The van der Waals surface area contributed by atoms with Crippen molar-refractivity contribution in [3.05, 3.63) is 84.2 Å². The molecule has 1 heterocycles. The summed E-state index contributed by atoms with van der Waals surface area (Å²) in [5.41, 5.74) is 0.842. The second-order valence-electron chi connectivity index (χ2n) is 5.71. The third kappa shape index (κ3) is 5.17. The topological polar surface area (TPSA) is 107 Å². The number of sulfonamides is 1. The lowest BCUT2D eigenvalue weighted by molar-refractivity contribution is 0.0729. The lowest BCUT2D eigenvalue weighted by Crippen LogP contribution is -2.18. The van der Waals surface area contributed by atoms with Gasteiger partial charge in [0.1, 0.15) is 0 Å². The Labute approximate surface area is 167 Å². The summed E-state index contributed by atoms with van der Waals surface area (Å²) >= 11 is 0. The number of pyridine rings is 1. The molecule has 0 aliphatic carbocycles. The molecule has 0 unspecified atom stereocenters. The number of ether oxygens (including phenoxy) is 2. The number of hydrogen-bond donors (Lipinski definition) is 1. The molecular formula is C20H17N3O5S. The Hall–Kier alpha value is -3.72. The fourth-order valence-electron chi connectivity index (χ4n) is 2.31. The minimum Gasteiger partial charge on any atom is -0.493 e. The Morgan fingerprint density at radius 1 is 1.07 bits per heavy atom. The molecule has 0 atom stereocenters. The van der Waals surface area contributed by atoms with Crippen molar-refractivity contribution in [2.45, 2.75) is 4.90 Å². The maximum Gasteiger partial charge on any atom is 0.345 e. The van der Waals surface area contributed by atoms with Gasteiger partial charge in [-0.2, -0.15) is 13.5 Å². The SMILES string of the molecule is COc1cc(/C=N/NS(=O)(=O)c2ccccc2)ccc1OC(=O)c1cccnc1. The minimum absolute atomic E-state index is 0.104. The first-order chi connectivity index (χ1) is 14.0. The monoisotopic (exact) mass is 411 g/mol. The Morgan fingerprint density at radius 3 is 2.55 bits per heavy atom.